The molecule has 3 aromatic carbocycles. The second-order valence-corrected chi connectivity index (χ2v) is 8.74. The highest BCUT2D eigenvalue weighted by atomic mass is 16.6. The maximum Gasteiger partial charge on any atom is 0.315 e. The molecule has 0 fully saturated rings. The van der Waals surface area contributed by atoms with Crippen LogP contribution in [0.4, 0.5) is 11.4 Å². The molecule has 32 heavy (non-hydrogen) atoms. The molecule has 1 spiro atoms. The first-order chi connectivity index (χ1) is 15.3. The van der Waals surface area contributed by atoms with E-state index >= 15 is 0 Å². The van der Waals surface area contributed by atoms with Gasteiger partial charge in [-0.15, -0.1) is 0 Å². The van der Waals surface area contributed by atoms with Gasteiger partial charge in [0.25, 0.3) is 0 Å². The Morgan fingerprint density at radius 1 is 1.03 bits per heavy atom. The highest BCUT2D eigenvalue weighted by molar-refractivity contribution is 5.78. The zero-order chi connectivity index (χ0) is 22.7. The van der Waals surface area contributed by atoms with E-state index in [2.05, 4.69) is 49.1 Å². The van der Waals surface area contributed by atoms with Gasteiger partial charge in [0.05, 0.1) is 23.5 Å². The van der Waals surface area contributed by atoms with Gasteiger partial charge >= 0.3 is 5.69 Å². The Labute approximate surface area is 186 Å². The van der Waals surface area contributed by atoms with Crippen LogP contribution in [0.2, 0.25) is 0 Å². The summed E-state index contributed by atoms with van der Waals surface area (Å²) < 4.78 is 11.8. The smallest absolute Gasteiger partial charge is 0.315 e. The van der Waals surface area contributed by atoms with Crippen molar-refractivity contribution in [2.24, 2.45) is 0 Å². The lowest BCUT2D eigenvalue weighted by Gasteiger charge is -2.45. The van der Waals surface area contributed by atoms with Crippen molar-refractivity contribution in [1.29, 1.82) is 0 Å². The summed E-state index contributed by atoms with van der Waals surface area (Å²) in [5, 5.41) is 11.8. The van der Waals surface area contributed by atoms with Crippen molar-refractivity contribution in [3.63, 3.8) is 0 Å². The summed E-state index contributed by atoms with van der Waals surface area (Å²) in [4.78, 5) is 13.5. The largest absolute Gasteiger partial charge is 0.496 e. The van der Waals surface area contributed by atoms with Crippen LogP contribution in [-0.4, -0.2) is 24.8 Å². The Morgan fingerprint density at radius 2 is 1.78 bits per heavy atom. The maximum absolute atomic E-state index is 11.8. The normalized spacial score (nSPS) is 19.9. The van der Waals surface area contributed by atoms with Crippen LogP contribution in [0.5, 0.6) is 11.5 Å². The number of hydrogen-bond acceptors (Lipinski definition) is 5. The Kier molecular flexibility index (Phi) is 4.31. The molecule has 5 rings (SSSR count). The molecule has 1 atom stereocenters. The van der Waals surface area contributed by atoms with Gasteiger partial charge in [0.1, 0.15) is 5.75 Å². The minimum atomic E-state index is -0.906. The summed E-state index contributed by atoms with van der Waals surface area (Å²) >= 11 is 0. The molecule has 2 heterocycles. The summed E-state index contributed by atoms with van der Waals surface area (Å²) in [5.41, 5.74) is 3.58. The standard InChI is InChI=1S/C26H24N2O4/c1-25(2)21-15-18(17-8-6-5-7-9-17)10-11-22(21)27(3)26(25)13-12-19-14-20(31-4)16-23(28(29)30)24(19)32-26/h5-16H,1-4H3. The number of rotatable bonds is 3. The lowest BCUT2D eigenvalue weighted by molar-refractivity contribution is -0.386. The molecule has 0 aliphatic carbocycles. The van der Waals surface area contributed by atoms with Gasteiger partial charge < -0.3 is 14.4 Å². The fourth-order valence-electron chi connectivity index (χ4n) is 4.94. The van der Waals surface area contributed by atoms with Gasteiger partial charge in [-0.2, -0.15) is 0 Å². The summed E-state index contributed by atoms with van der Waals surface area (Å²) in [6.45, 7) is 4.24. The fraction of sp³-hybridized carbons (Fsp3) is 0.231. The molecular weight excluding hydrogens is 404 g/mol. The van der Waals surface area contributed by atoms with Gasteiger partial charge in [-0.25, -0.2) is 0 Å². The molecule has 0 bridgehead atoms. The SMILES string of the molecule is COc1cc2c(c([N+](=O)[O-])c1)OC1(C=C2)N(C)c2ccc(-c3ccccc3)cc2C1(C)C. The van der Waals surface area contributed by atoms with Crippen LogP contribution in [-0.2, 0) is 5.41 Å². The van der Waals surface area contributed by atoms with Gasteiger partial charge in [-0.05, 0) is 60.9 Å². The first-order valence-corrected chi connectivity index (χ1v) is 10.5. The minimum absolute atomic E-state index is 0.104. The van der Waals surface area contributed by atoms with Crippen LogP contribution in [0.3, 0.4) is 0 Å². The molecule has 6 nitrogen and oxygen atoms in total. The van der Waals surface area contributed by atoms with Crippen LogP contribution >= 0.6 is 0 Å². The highest BCUT2D eigenvalue weighted by Gasteiger charge is 2.58. The molecular formula is C26H24N2O4. The Morgan fingerprint density at radius 3 is 2.47 bits per heavy atom. The topological polar surface area (TPSA) is 64.8 Å². The Balaban J connectivity index is 1.65. The van der Waals surface area contributed by atoms with Crippen molar-refractivity contribution in [2.75, 3.05) is 19.1 Å². The molecule has 0 amide bonds. The number of fused-ring (bicyclic) bond motifs is 2. The van der Waals surface area contributed by atoms with Crippen molar-refractivity contribution in [1.82, 2.24) is 0 Å². The third kappa shape index (κ3) is 2.65. The molecule has 3 aromatic rings. The number of likely N-dealkylation sites (N-methyl/N-ethyl adjacent to an activating group) is 1. The van der Waals surface area contributed by atoms with Crippen molar-refractivity contribution in [2.45, 2.75) is 25.0 Å². The monoisotopic (exact) mass is 428 g/mol. The van der Waals surface area contributed by atoms with E-state index in [1.54, 1.807) is 6.07 Å². The van der Waals surface area contributed by atoms with Crippen LogP contribution < -0.4 is 14.4 Å². The number of nitro groups is 1. The van der Waals surface area contributed by atoms with E-state index < -0.39 is 16.1 Å². The van der Waals surface area contributed by atoms with Gasteiger partial charge in [0.15, 0.2) is 0 Å². The highest BCUT2D eigenvalue weighted by Crippen LogP contribution is 2.56. The second kappa shape index (κ2) is 6.85. The molecule has 0 N–H and O–H groups in total. The molecule has 0 radical (unpaired) electrons. The zero-order valence-corrected chi connectivity index (χ0v) is 18.5. The molecule has 2 aliphatic rings. The molecule has 0 aromatic heterocycles. The third-order valence-electron chi connectivity index (χ3n) is 6.78. The van der Waals surface area contributed by atoms with Gasteiger partial charge in [-0.1, -0.05) is 36.4 Å². The molecule has 1 unspecified atom stereocenters. The number of benzene rings is 3. The lowest BCUT2D eigenvalue weighted by Crippen LogP contribution is -2.58. The van der Waals surface area contributed by atoms with Gasteiger partial charge in [0.2, 0.25) is 11.5 Å². The number of methoxy groups -OCH3 is 1. The van der Waals surface area contributed by atoms with Crippen molar-refractivity contribution >= 4 is 17.5 Å². The molecule has 0 saturated carbocycles. The van der Waals surface area contributed by atoms with E-state index in [1.807, 2.05) is 37.4 Å². The fourth-order valence-corrected chi connectivity index (χ4v) is 4.94. The number of nitrogens with zero attached hydrogens (tertiary/aromatic N) is 2. The maximum atomic E-state index is 11.8. The molecule has 2 aliphatic heterocycles. The predicted octanol–water partition coefficient (Wildman–Crippen LogP) is 5.80. The number of hydrogen-bond donors (Lipinski definition) is 0. The summed E-state index contributed by atoms with van der Waals surface area (Å²) in [5.74, 6) is 0.684. The predicted molar refractivity (Wildman–Crippen MR) is 125 cm³/mol. The average molecular weight is 428 g/mol. The average Bonchev–Trinajstić information content (AvgIpc) is 2.96. The zero-order valence-electron chi connectivity index (χ0n) is 18.5. The summed E-state index contributed by atoms with van der Waals surface area (Å²) in [6.07, 6.45) is 3.90. The van der Waals surface area contributed by atoms with E-state index in [-0.39, 0.29) is 11.4 Å². The summed E-state index contributed by atoms with van der Waals surface area (Å²) in [7, 11) is 3.47. The van der Waals surface area contributed by atoms with Crippen molar-refractivity contribution in [3.8, 4) is 22.6 Å². The van der Waals surface area contributed by atoms with Gasteiger partial charge in [0, 0.05) is 18.3 Å². The van der Waals surface area contributed by atoms with E-state index in [0.29, 0.717) is 11.3 Å². The lowest BCUT2D eigenvalue weighted by atomic mass is 9.75. The van der Waals surface area contributed by atoms with Crippen LogP contribution in [0, 0.1) is 10.1 Å². The quantitative estimate of drug-likeness (QED) is 0.390. The van der Waals surface area contributed by atoms with Crippen LogP contribution in [0.15, 0.2) is 66.7 Å². The number of anilines is 1. The van der Waals surface area contributed by atoms with Crippen molar-refractivity contribution in [3.05, 3.63) is 88.0 Å². The minimum Gasteiger partial charge on any atom is -0.496 e. The first-order valence-electron chi connectivity index (χ1n) is 10.5. The summed E-state index contributed by atoms with van der Waals surface area (Å²) in [6, 6.07) is 19.8. The van der Waals surface area contributed by atoms with E-state index in [4.69, 9.17) is 9.47 Å². The van der Waals surface area contributed by atoms with Crippen LogP contribution in [0.25, 0.3) is 17.2 Å². The van der Waals surface area contributed by atoms with Crippen molar-refractivity contribution < 1.29 is 14.4 Å². The van der Waals surface area contributed by atoms with E-state index in [0.717, 1.165) is 22.4 Å². The second-order valence-electron chi connectivity index (χ2n) is 8.74. The van der Waals surface area contributed by atoms with E-state index in [9.17, 15) is 10.1 Å². The third-order valence-corrected chi connectivity index (χ3v) is 6.78. The number of nitro benzene ring substituents is 1. The van der Waals surface area contributed by atoms with Gasteiger partial charge in [-0.3, -0.25) is 10.1 Å². The first kappa shape index (κ1) is 20.1. The van der Waals surface area contributed by atoms with Crippen LogP contribution in [0.1, 0.15) is 25.0 Å². The molecule has 0 saturated heterocycles. The Hall–Kier alpha value is -3.80. The van der Waals surface area contributed by atoms with E-state index in [1.165, 1.54) is 13.2 Å². The Bertz CT molecular complexity index is 1270. The molecule has 162 valence electrons. The number of ether oxygens (including phenoxy) is 2. The molecule has 6 heteroatoms.